The number of ketones is 1. The molecule has 1 aliphatic rings. The van der Waals surface area contributed by atoms with Crippen molar-refractivity contribution >= 4 is 23.1 Å². The molecule has 20 heavy (non-hydrogen) atoms. The van der Waals surface area contributed by atoms with E-state index in [2.05, 4.69) is 10.5 Å². The maximum Gasteiger partial charge on any atom is 0.209 e. The molecule has 3 nitrogen and oxygen atoms in total. The van der Waals surface area contributed by atoms with Crippen LogP contribution in [0.4, 0.5) is 0 Å². The summed E-state index contributed by atoms with van der Waals surface area (Å²) < 4.78 is 0. The van der Waals surface area contributed by atoms with Crippen molar-refractivity contribution in [2.24, 2.45) is 5.10 Å². The number of nitrogens with one attached hydrogen (secondary N) is 1. The monoisotopic (exact) mass is 284 g/mol. The zero-order valence-corrected chi connectivity index (χ0v) is 11.5. The minimum atomic E-state index is -0.0319. The van der Waals surface area contributed by atoms with Crippen molar-refractivity contribution in [3.8, 4) is 0 Å². The van der Waals surface area contributed by atoms with Crippen LogP contribution in [0.15, 0.2) is 59.7 Å². The van der Waals surface area contributed by atoms with Crippen molar-refractivity contribution < 1.29 is 4.79 Å². The molecule has 0 saturated carbocycles. The fourth-order valence-corrected chi connectivity index (χ4v) is 2.44. The Morgan fingerprint density at radius 1 is 1.10 bits per heavy atom. The SMILES string of the molecule is O=C(C1=NNCC1c1ccc(Cl)cc1)c1ccccc1. The maximum atomic E-state index is 12.5. The number of carbonyl (C=O) groups excluding carboxylic acids is 1. The highest BCUT2D eigenvalue weighted by Crippen LogP contribution is 2.24. The lowest BCUT2D eigenvalue weighted by Gasteiger charge is -2.11. The number of halogens is 1. The standard InChI is InChI=1S/C16H13ClN2O/c17-13-8-6-11(7-9-13)14-10-18-19-15(14)16(20)12-4-2-1-3-5-12/h1-9,14,18H,10H2. The Bertz CT molecular complexity index is 650. The first-order chi connectivity index (χ1) is 9.75. The number of rotatable bonds is 3. The number of hydrogen-bond donors (Lipinski definition) is 1. The number of hydrogen-bond acceptors (Lipinski definition) is 3. The fraction of sp³-hybridized carbons (Fsp3) is 0.125. The average molecular weight is 285 g/mol. The van der Waals surface area contributed by atoms with Crippen LogP contribution in [-0.4, -0.2) is 18.0 Å². The van der Waals surface area contributed by atoms with Gasteiger partial charge in [-0.2, -0.15) is 5.10 Å². The number of Topliss-reactive ketones (excluding diaryl/α,β-unsaturated/α-hetero) is 1. The van der Waals surface area contributed by atoms with E-state index < -0.39 is 0 Å². The Labute approximate surface area is 122 Å². The summed E-state index contributed by atoms with van der Waals surface area (Å²) in [4.78, 5) is 12.5. The van der Waals surface area contributed by atoms with Crippen LogP contribution in [0.5, 0.6) is 0 Å². The molecule has 1 heterocycles. The third-order valence-electron chi connectivity index (χ3n) is 3.37. The first kappa shape index (κ1) is 12.9. The molecule has 0 radical (unpaired) electrons. The maximum absolute atomic E-state index is 12.5. The summed E-state index contributed by atoms with van der Waals surface area (Å²) in [6.45, 7) is 0.634. The third kappa shape index (κ3) is 2.45. The second-order valence-electron chi connectivity index (χ2n) is 4.66. The van der Waals surface area contributed by atoms with E-state index in [1.165, 1.54) is 0 Å². The topological polar surface area (TPSA) is 41.5 Å². The van der Waals surface area contributed by atoms with E-state index in [9.17, 15) is 4.79 Å². The molecule has 0 spiro atoms. The van der Waals surface area contributed by atoms with Crippen molar-refractivity contribution in [3.05, 3.63) is 70.7 Å². The molecule has 0 saturated heterocycles. The quantitative estimate of drug-likeness (QED) is 0.879. The highest BCUT2D eigenvalue weighted by atomic mass is 35.5. The van der Waals surface area contributed by atoms with Crippen LogP contribution in [0.25, 0.3) is 0 Å². The summed E-state index contributed by atoms with van der Waals surface area (Å²) >= 11 is 5.90. The van der Waals surface area contributed by atoms with Crippen LogP contribution in [-0.2, 0) is 0 Å². The van der Waals surface area contributed by atoms with Gasteiger partial charge < -0.3 is 5.43 Å². The van der Waals surface area contributed by atoms with Crippen molar-refractivity contribution in [2.45, 2.75) is 5.92 Å². The molecular formula is C16H13ClN2O. The number of benzene rings is 2. The highest BCUT2D eigenvalue weighted by Gasteiger charge is 2.29. The molecule has 2 aromatic carbocycles. The zero-order chi connectivity index (χ0) is 13.9. The molecule has 0 aromatic heterocycles. The Kier molecular flexibility index (Phi) is 3.52. The highest BCUT2D eigenvalue weighted by molar-refractivity contribution is 6.48. The predicted molar refractivity (Wildman–Crippen MR) is 80.4 cm³/mol. The fourth-order valence-electron chi connectivity index (χ4n) is 2.31. The normalized spacial score (nSPS) is 17.4. The van der Waals surface area contributed by atoms with E-state index >= 15 is 0 Å². The number of nitrogens with zero attached hydrogens (tertiary/aromatic N) is 1. The molecule has 1 aliphatic heterocycles. The molecule has 3 rings (SSSR count). The molecule has 0 bridgehead atoms. The van der Waals surface area contributed by atoms with Gasteiger partial charge in [0.05, 0.1) is 5.92 Å². The largest absolute Gasteiger partial charge is 0.309 e. The van der Waals surface area contributed by atoms with Crippen molar-refractivity contribution in [1.29, 1.82) is 0 Å². The van der Waals surface area contributed by atoms with Gasteiger partial charge in [-0.05, 0) is 17.7 Å². The Balaban J connectivity index is 1.89. The molecular weight excluding hydrogens is 272 g/mol. The Morgan fingerprint density at radius 2 is 1.80 bits per heavy atom. The lowest BCUT2D eigenvalue weighted by Crippen LogP contribution is -2.21. The summed E-state index contributed by atoms with van der Waals surface area (Å²) in [6, 6.07) is 16.8. The second-order valence-corrected chi connectivity index (χ2v) is 5.10. The van der Waals surface area contributed by atoms with Gasteiger partial charge in [0.15, 0.2) is 0 Å². The van der Waals surface area contributed by atoms with Gasteiger partial charge in [-0.3, -0.25) is 4.79 Å². The van der Waals surface area contributed by atoms with Crippen LogP contribution in [0.3, 0.4) is 0 Å². The minimum absolute atomic E-state index is 0.0278. The van der Waals surface area contributed by atoms with E-state index in [0.29, 0.717) is 22.8 Å². The molecule has 0 aliphatic carbocycles. The van der Waals surface area contributed by atoms with Crippen LogP contribution in [0, 0.1) is 0 Å². The van der Waals surface area contributed by atoms with Crippen LogP contribution >= 0.6 is 11.6 Å². The van der Waals surface area contributed by atoms with Gasteiger partial charge in [0, 0.05) is 17.1 Å². The first-order valence-electron chi connectivity index (χ1n) is 6.41. The molecule has 2 aromatic rings. The van der Waals surface area contributed by atoms with Gasteiger partial charge in [0.25, 0.3) is 0 Å². The lowest BCUT2D eigenvalue weighted by molar-refractivity contribution is 0.106. The third-order valence-corrected chi connectivity index (χ3v) is 3.62. The van der Waals surface area contributed by atoms with Gasteiger partial charge in [-0.1, -0.05) is 54.1 Å². The van der Waals surface area contributed by atoms with Gasteiger partial charge in [-0.25, -0.2) is 0 Å². The predicted octanol–water partition coefficient (Wildman–Crippen LogP) is 3.27. The van der Waals surface area contributed by atoms with E-state index in [-0.39, 0.29) is 11.7 Å². The van der Waals surface area contributed by atoms with E-state index in [1.54, 1.807) is 0 Å². The average Bonchev–Trinajstić information content (AvgIpc) is 2.97. The molecule has 1 atom stereocenters. The van der Waals surface area contributed by atoms with Crippen molar-refractivity contribution in [3.63, 3.8) is 0 Å². The molecule has 4 heteroatoms. The molecule has 0 fully saturated rings. The van der Waals surface area contributed by atoms with Gasteiger partial charge in [-0.15, -0.1) is 0 Å². The van der Waals surface area contributed by atoms with Gasteiger partial charge in [0.1, 0.15) is 5.71 Å². The zero-order valence-electron chi connectivity index (χ0n) is 10.7. The summed E-state index contributed by atoms with van der Waals surface area (Å²) in [6.07, 6.45) is 0. The summed E-state index contributed by atoms with van der Waals surface area (Å²) in [5.74, 6) is -0.0597. The van der Waals surface area contributed by atoms with Crippen LogP contribution in [0.1, 0.15) is 21.8 Å². The molecule has 0 amide bonds. The minimum Gasteiger partial charge on any atom is -0.309 e. The van der Waals surface area contributed by atoms with E-state index in [1.807, 2.05) is 54.6 Å². The Morgan fingerprint density at radius 3 is 2.50 bits per heavy atom. The molecule has 1 unspecified atom stereocenters. The first-order valence-corrected chi connectivity index (χ1v) is 6.79. The number of hydrazone groups is 1. The Hall–Kier alpha value is -2.13. The van der Waals surface area contributed by atoms with Crippen molar-refractivity contribution in [1.82, 2.24) is 5.43 Å². The summed E-state index contributed by atoms with van der Waals surface area (Å²) in [5, 5.41) is 4.86. The van der Waals surface area contributed by atoms with E-state index in [0.717, 1.165) is 5.56 Å². The van der Waals surface area contributed by atoms with Crippen LogP contribution < -0.4 is 5.43 Å². The smallest absolute Gasteiger partial charge is 0.209 e. The summed E-state index contributed by atoms with van der Waals surface area (Å²) in [5.41, 5.74) is 5.18. The molecule has 100 valence electrons. The number of carbonyl (C=O) groups is 1. The summed E-state index contributed by atoms with van der Waals surface area (Å²) in [7, 11) is 0. The van der Waals surface area contributed by atoms with Crippen LogP contribution in [0.2, 0.25) is 5.02 Å². The van der Waals surface area contributed by atoms with E-state index in [4.69, 9.17) is 11.6 Å². The van der Waals surface area contributed by atoms with Gasteiger partial charge >= 0.3 is 0 Å². The molecule has 1 N–H and O–H groups in total. The van der Waals surface area contributed by atoms with Crippen molar-refractivity contribution in [2.75, 3.05) is 6.54 Å². The second kappa shape index (κ2) is 5.47. The van der Waals surface area contributed by atoms with Gasteiger partial charge in [0.2, 0.25) is 5.78 Å². The lowest BCUT2D eigenvalue weighted by atomic mass is 9.90.